The van der Waals surface area contributed by atoms with Crippen molar-refractivity contribution >= 4 is 0 Å². The minimum Gasteiger partial charge on any atom is -0.329 e. The Balaban J connectivity index is 1.84. The van der Waals surface area contributed by atoms with Crippen molar-refractivity contribution in [2.24, 2.45) is 17.6 Å². The van der Waals surface area contributed by atoms with Crippen molar-refractivity contribution in [2.45, 2.75) is 82.7 Å². The molecule has 0 aromatic carbocycles. The number of hydrogen-bond donors (Lipinski definition) is 1. The first-order chi connectivity index (χ1) is 9.31. The van der Waals surface area contributed by atoms with E-state index < -0.39 is 0 Å². The highest BCUT2D eigenvalue weighted by Crippen LogP contribution is 2.47. The second-order valence-electron chi connectivity index (χ2n) is 7.25. The molecule has 2 N–H and O–H groups in total. The minimum absolute atomic E-state index is 0.365. The third-order valence-corrected chi connectivity index (χ3v) is 6.60. The van der Waals surface area contributed by atoms with E-state index in [1.807, 2.05) is 0 Å². The van der Waals surface area contributed by atoms with Crippen molar-refractivity contribution in [2.75, 3.05) is 13.1 Å². The molecule has 1 heterocycles. The van der Waals surface area contributed by atoms with Crippen LogP contribution in [0, 0.1) is 11.8 Å². The maximum atomic E-state index is 6.36. The summed E-state index contributed by atoms with van der Waals surface area (Å²) in [5, 5.41) is 0. The minimum atomic E-state index is 0.365. The van der Waals surface area contributed by atoms with E-state index >= 15 is 0 Å². The van der Waals surface area contributed by atoms with Crippen LogP contribution in [-0.4, -0.2) is 29.6 Å². The molecule has 4 atom stereocenters. The Morgan fingerprint density at radius 3 is 2.63 bits per heavy atom. The van der Waals surface area contributed by atoms with Crippen molar-refractivity contribution in [3.8, 4) is 0 Å². The summed E-state index contributed by atoms with van der Waals surface area (Å²) in [6, 6.07) is 0.879. The summed E-state index contributed by atoms with van der Waals surface area (Å²) in [6.07, 6.45) is 14.3. The van der Waals surface area contributed by atoms with Gasteiger partial charge in [0.2, 0.25) is 0 Å². The van der Waals surface area contributed by atoms with E-state index in [1.165, 1.54) is 70.8 Å². The number of fused-ring (bicyclic) bond motifs is 1. The van der Waals surface area contributed by atoms with E-state index in [0.29, 0.717) is 5.54 Å². The molecule has 0 amide bonds. The summed E-state index contributed by atoms with van der Waals surface area (Å²) in [5.74, 6) is 1.85. The molecular weight excluding hydrogens is 232 g/mol. The summed E-state index contributed by atoms with van der Waals surface area (Å²) >= 11 is 0. The zero-order chi connectivity index (χ0) is 13.3. The van der Waals surface area contributed by atoms with Gasteiger partial charge < -0.3 is 5.73 Å². The van der Waals surface area contributed by atoms with Crippen LogP contribution in [0.1, 0.15) is 71.1 Å². The molecule has 0 radical (unpaired) electrons. The molecule has 2 saturated carbocycles. The molecule has 3 aliphatic rings. The Labute approximate surface area is 119 Å². The van der Waals surface area contributed by atoms with Gasteiger partial charge in [-0.15, -0.1) is 0 Å². The molecule has 2 aliphatic carbocycles. The highest BCUT2D eigenvalue weighted by molar-refractivity contribution is 5.05. The molecule has 0 spiro atoms. The topological polar surface area (TPSA) is 29.3 Å². The molecule has 19 heavy (non-hydrogen) atoms. The third-order valence-electron chi connectivity index (χ3n) is 6.60. The van der Waals surface area contributed by atoms with Crippen molar-refractivity contribution in [1.29, 1.82) is 0 Å². The maximum Gasteiger partial charge on any atom is 0.0362 e. The van der Waals surface area contributed by atoms with E-state index in [2.05, 4.69) is 11.8 Å². The lowest BCUT2D eigenvalue weighted by atomic mass is 9.69. The predicted molar refractivity (Wildman–Crippen MR) is 81.1 cm³/mol. The average Bonchev–Trinajstić information content (AvgIpc) is 2.91. The van der Waals surface area contributed by atoms with Gasteiger partial charge in [0, 0.05) is 18.1 Å². The number of nitrogens with two attached hydrogens (primary N) is 1. The number of likely N-dealkylation sites (tertiary alicyclic amines) is 1. The Morgan fingerprint density at radius 2 is 1.84 bits per heavy atom. The van der Waals surface area contributed by atoms with E-state index in [-0.39, 0.29) is 0 Å². The van der Waals surface area contributed by atoms with Crippen LogP contribution in [-0.2, 0) is 0 Å². The molecule has 0 aromatic heterocycles. The lowest BCUT2D eigenvalue weighted by molar-refractivity contribution is -0.0184. The van der Waals surface area contributed by atoms with E-state index in [4.69, 9.17) is 5.73 Å². The maximum absolute atomic E-state index is 6.36. The lowest BCUT2D eigenvalue weighted by Crippen LogP contribution is -2.61. The number of nitrogens with zero attached hydrogens (tertiary/aromatic N) is 1. The first-order valence-electron chi connectivity index (χ1n) is 8.78. The normalized spacial score (nSPS) is 44.2. The summed E-state index contributed by atoms with van der Waals surface area (Å²) in [6.45, 7) is 4.62. The Kier molecular flexibility index (Phi) is 4.19. The SMILES string of the molecule is CCC1CCCCC1(CN)N1CCC2CCCCC21. The van der Waals surface area contributed by atoms with E-state index in [0.717, 1.165) is 24.4 Å². The molecule has 1 aliphatic heterocycles. The first-order valence-corrected chi connectivity index (χ1v) is 8.78. The lowest BCUT2D eigenvalue weighted by Gasteiger charge is -2.53. The molecule has 2 nitrogen and oxygen atoms in total. The summed E-state index contributed by atoms with van der Waals surface area (Å²) < 4.78 is 0. The van der Waals surface area contributed by atoms with Crippen molar-refractivity contribution in [1.82, 2.24) is 4.90 Å². The monoisotopic (exact) mass is 264 g/mol. The zero-order valence-electron chi connectivity index (χ0n) is 12.7. The van der Waals surface area contributed by atoms with Crippen LogP contribution >= 0.6 is 0 Å². The number of rotatable bonds is 3. The molecule has 110 valence electrons. The average molecular weight is 264 g/mol. The molecule has 3 fully saturated rings. The van der Waals surface area contributed by atoms with Gasteiger partial charge in [0.15, 0.2) is 0 Å². The Bertz CT molecular complexity index is 304. The van der Waals surface area contributed by atoms with Gasteiger partial charge in [-0.3, -0.25) is 4.90 Å². The predicted octanol–water partition coefficient (Wildman–Crippen LogP) is 3.55. The summed E-state index contributed by atoms with van der Waals surface area (Å²) in [4.78, 5) is 2.92. The fraction of sp³-hybridized carbons (Fsp3) is 1.00. The molecule has 0 bridgehead atoms. The van der Waals surface area contributed by atoms with Crippen LogP contribution in [0.25, 0.3) is 0 Å². The van der Waals surface area contributed by atoms with E-state index in [9.17, 15) is 0 Å². The van der Waals surface area contributed by atoms with Crippen LogP contribution in [0.4, 0.5) is 0 Å². The van der Waals surface area contributed by atoms with Gasteiger partial charge in [-0.2, -0.15) is 0 Å². The molecular formula is C17H32N2. The third kappa shape index (κ3) is 2.25. The van der Waals surface area contributed by atoms with Crippen molar-refractivity contribution in [3.63, 3.8) is 0 Å². The molecule has 3 rings (SSSR count). The van der Waals surface area contributed by atoms with Crippen LogP contribution < -0.4 is 5.73 Å². The van der Waals surface area contributed by atoms with Gasteiger partial charge in [0.25, 0.3) is 0 Å². The standard InChI is InChI=1S/C17H32N2/c1-2-15-8-5-6-11-17(15,13-18)19-12-10-14-7-3-4-9-16(14)19/h14-16H,2-13,18H2,1H3. The van der Waals surface area contributed by atoms with Crippen LogP contribution in [0.2, 0.25) is 0 Å². The van der Waals surface area contributed by atoms with E-state index in [1.54, 1.807) is 0 Å². The molecule has 1 saturated heterocycles. The summed E-state index contributed by atoms with van der Waals surface area (Å²) in [5.41, 5.74) is 6.73. The smallest absolute Gasteiger partial charge is 0.0362 e. The van der Waals surface area contributed by atoms with Crippen LogP contribution in [0.15, 0.2) is 0 Å². The van der Waals surface area contributed by atoms with Gasteiger partial charge in [0.1, 0.15) is 0 Å². The largest absolute Gasteiger partial charge is 0.329 e. The van der Waals surface area contributed by atoms with Gasteiger partial charge >= 0.3 is 0 Å². The van der Waals surface area contributed by atoms with Crippen LogP contribution in [0.5, 0.6) is 0 Å². The van der Waals surface area contributed by atoms with Crippen LogP contribution in [0.3, 0.4) is 0 Å². The quantitative estimate of drug-likeness (QED) is 0.844. The summed E-state index contributed by atoms with van der Waals surface area (Å²) in [7, 11) is 0. The molecule has 0 aromatic rings. The van der Waals surface area contributed by atoms with Crippen molar-refractivity contribution in [3.05, 3.63) is 0 Å². The zero-order valence-corrected chi connectivity index (χ0v) is 12.7. The highest BCUT2D eigenvalue weighted by atomic mass is 15.3. The first kappa shape index (κ1) is 13.9. The Hall–Kier alpha value is -0.0800. The van der Waals surface area contributed by atoms with Gasteiger partial charge in [-0.25, -0.2) is 0 Å². The fourth-order valence-electron chi connectivity index (χ4n) is 5.60. The second-order valence-corrected chi connectivity index (χ2v) is 7.25. The number of hydrogen-bond acceptors (Lipinski definition) is 2. The molecule has 2 heteroatoms. The van der Waals surface area contributed by atoms with Gasteiger partial charge in [-0.05, 0) is 50.5 Å². The fourth-order valence-corrected chi connectivity index (χ4v) is 5.60. The second kappa shape index (κ2) is 5.73. The molecule has 4 unspecified atom stereocenters. The highest BCUT2D eigenvalue weighted by Gasteiger charge is 2.50. The van der Waals surface area contributed by atoms with Gasteiger partial charge in [-0.1, -0.05) is 39.0 Å². The van der Waals surface area contributed by atoms with Gasteiger partial charge in [0.05, 0.1) is 0 Å². The van der Waals surface area contributed by atoms with Crippen molar-refractivity contribution < 1.29 is 0 Å². The Morgan fingerprint density at radius 1 is 1.05 bits per heavy atom.